The zero-order valence-corrected chi connectivity index (χ0v) is 15.7. The van der Waals surface area contributed by atoms with Gasteiger partial charge in [-0.25, -0.2) is 17.2 Å². The molecule has 1 fully saturated rings. The van der Waals surface area contributed by atoms with Crippen LogP contribution in [0.4, 0.5) is 8.78 Å². The molecule has 0 unspecified atom stereocenters. The number of amides is 1. The van der Waals surface area contributed by atoms with Gasteiger partial charge in [-0.15, -0.1) is 0 Å². The number of halogens is 2. The van der Waals surface area contributed by atoms with E-state index in [4.69, 9.17) is 5.73 Å². The van der Waals surface area contributed by atoms with Gasteiger partial charge in [-0.2, -0.15) is 0 Å². The molecule has 2 aromatic carbocycles. The molecule has 5 nitrogen and oxygen atoms in total. The predicted octanol–water partition coefficient (Wildman–Crippen LogP) is 3.12. The molecule has 8 heteroatoms. The highest BCUT2D eigenvalue weighted by molar-refractivity contribution is 7.92. The quantitative estimate of drug-likeness (QED) is 0.771. The summed E-state index contributed by atoms with van der Waals surface area (Å²) < 4.78 is 53.9. The van der Waals surface area contributed by atoms with E-state index in [1.807, 2.05) is 0 Å². The highest BCUT2D eigenvalue weighted by Gasteiger charge is 2.50. The normalized spacial score (nSPS) is 22.6. The minimum atomic E-state index is -4.16. The third-order valence-electron chi connectivity index (χ3n) is 5.46. The van der Waals surface area contributed by atoms with Crippen LogP contribution in [-0.2, 0) is 19.4 Å². The maximum atomic E-state index is 14.7. The molecule has 0 radical (unpaired) electrons. The van der Waals surface area contributed by atoms with Crippen LogP contribution in [0.5, 0.6) is 0 Å². The molecule has 1 amide bonds. The molecule has 1 aliphatic carbocycles. The molecule has 1 aliphatic rings. The average Bonchev–Trinajstić information content (AvgIpc) is 2.69. The SMILES string of the molecule is NC(=O)C1CCC(c2cc(F)ccc2F)(S(=O)(=O)c2ccc(C=O)cc2)CC1. The number of aldehydes is 1. The van der Waals surface area contributed by atoms with Crippen LogP contribution in [0.2, 0.25) is 0 Å². The van der Waals surface area contributed by atoms with Crippen molar-refractivity contribution in [1.82, 2.24) is 0 Å². The molecule has 3 rings (SSSR count). The first-order chi connectivity index (χ1) is 13.2. The topological polar surface area (TPSA) is 94.3 Å². The number of hydrogen-bond donors (Lipinski definition) is 1. The van der Waals surface area contributed by atoms with Gasteiger partial charge in [0.05, 0.1) is 4.90 Å². The predicted molar refractivity (Wildman–Crippen MR) is 98.2 cm³/mol. The van der Waals surface area contributed by atoms with Gasteiger partial charge in [0.25, 0.3) is 0 Å². The lowest BCUT2D eigenvalue weighted by molar-refractivity contribution is -0.122. The Kier molecular flexibility index (Phi) is 5.34. The summed E-state index contributed by atoms with van der Waals surface area (Å²) in [6.07, 6.45) is 0.738. The maximum absolute atomic E-state index is 14.7. The summed E-state index contributed by atoms with van der Waals surface area (Å²) >= 11 is 0. The zero-order valence-electron chi connectivity index (χ0n) is 14.9. The lowest BCUT2D eigenvalue weighted by Crippen LogP contribution is -2.42. The lowest BCUT2D eigenvalue weighted by atomic mass is 9.77. The Morgan fingerprint density at radius 3 is 2.21 bits per heavy atom. The maximum Gasteiger partial charge on any atom is 0.220 e. The van der Waals surface area contributed by atoms with Crippen molar-refractivity contribution in [3.63, 3.8) is 0 Å². The fourth-order valence-corrected chi connectivity index (χ4v) is 6.01. The van der Waals surface area contributed by atoms with Crippen LogP contribution in [0.1, 0.15) is 41.6 Å². The van der Waals surface area contributed by atoms with Crippen LogP contribution in [-0.4, -0.2) is 20.6 Å². The van der Waals surface area contributed by atoms with Crippen LogP contribution in [0.15, 0.2) is 47.4 Å². The molecule has 0 bridgehead atoms. The van der Waals surface area contributed by atoms with Crippen LogP contribution in [0.25, 0.3) is 0 Å². The van der Waals surface area contributed by atoms with Gasteiger partial charge >= 0.3 is 0 Å². The summed E-state index contributed by atoms with van der Waals surface area (Å²) in [6, 6.07) is 7.98. The number of primary amides is 1. The van der Waals surface area contributed by atoms with E-state index in [9.17, 15) is 26.8 Å². The Morgan fingerprint density at radius 1 is 1.07 bits per heavy atom. The Balaban J connectivity index is 2.17. The third kappa shape index (κ3) is 3.32. The summed E-state index contributed by atoms with van der Waals surface area (Å²) in [5.74, 6) is -2.63. The van der Waals surface area contributed by atoms with Crippen molar-refractivity contribution >= 4 is 22.0 Å². The minimum absolute atomic E-state index is 0.0707. The number of hydrogen-bond acceptors (Lipinski definition) is 4. The first-order valence-corrected chi connectivity index (χ1v) is 10.2. The minimum Gasteiger partial charge on any atom is -0.369 e. The Morgan fingerprint density at radius 2 is 1.68 bits per heavy atom. The van der Waals surface area contributed by atoms with Crippen molar-refractivity contribution in [3.8, 4) is 0 Å². The summed E-state index contributed by atoms with van der Waals surface area (Å²) in [4.78, 5) is 22.3. The zero-order chi connectivity index (χ0) is 20.5. The van der Waals surface area contributed by atoms with Gasteiger partial charge in [-0.1, -0.05) is 12.1 Å². The molecule has 0 atom stereocenters. The van der Waals surface area contributed by atoms with Gasteiger partial charge in [0.2, 0.25) is 5.91 Å². The van der Waals surface area contributed by atoms with E-state index in [2.05, 4.69) is 0 Å². The van der Waals surface area contributed by atoms with E-state index < -0.39 is 38.0 Å². The van der Waals surface area contributed by atoms with Gasteiger partial charge < -0.3 is 5.73 Å². The summed E-state index contributed by atoms with van der Waals surface area (Å²) in [6.45, 7) is 0. The van der Waals surface area contributed by atoms with Crippen LogP contribution < -0.4 is 5.73 Å². The van der Waals surface area contributed by atoms with Crippen molar-refractivity contribution in [2.45, 2.75) is 35.3 Å². The molecular formula is C20H19F2NO4S. The Bertz CT molecular complexity index is 1010. The van der Waals surface area contributed by atoms with Gasteiger partial charge in [-0.05, 0) is 56.0 Å². The first kappa shape index (κ1) is 20.1. The van der Waals surface area contributed by atoms with Gasteiger partial charge in [0.1, 0.15) is 22.7 Å². The van der Waals surface area contributed by atoms with E-state index in [1.165, 1.54) is 24.3 Å². The van der Waals surface area contributed by atoms with Crippen LogP contribution in [0.3, 0.4) is 0 Å². The Labute approximate surface area is 161 Å². The Hall–Kier alpha value is -2.61. The van der Waals surface area contributed by atoms with Crippen molar-refractivity contribution in [3.05, 3.63) is 65.2 Å². The molecular weight excluding hydrogens is 388 g/mol. The van der Waals surface area contributed by atoms with Gasteiger partial charge in [0, 0.05) is 17.0 Å². The standard InChI is InChI=1S/C20H19F2NO4S/c21-15-3-6-18(22)17(11-15)20(9-7-14(8-10-20)19(23)25)28(26,27)16-4-1-13(12-24)2-5-16/h1-6,11-12,14H,7-10H2,(H2,23,25). The van der Waals surface area contributed by atoms with Crippen LogP contribution in [0, 0.1) is 17.6 Å². The average molecular weight is 407 g/mol. The second kappa shape index (κ2) is 7.43. The van der Waals surface area contributed by atoms with E-state index in [0.717, 1.165) is 18.2 Å². The van der Waals surface area contributed by atoms with E-state index in [0.29, 0.717) is 11.8 Å². The molecule has 0 aliphatic heterocycles. The van der Waals surface area contributed by atoms with Crippen molar-refractivity contribution in [2.24, 2.45) is 11.7 Å². The van der Waals surface area contributed by atoms with E-state index in [1.54, 1.807) is 0 Å². The number of sulfone groups is 1. The summed E-state index contributed by atoms with van der Waals surface area (Å²) in [7, 11) is -4.16. The van der Waals surface area contributed by atoms with Crippen molar-refractivity contribution in [2.75, 3.05) is 0 Å². The molecule has 0 aromatic heterocycles. The number of benzene rings is 2. The number of nitrogens with two attached hydrogens (primary N) is 1. The highest BCUT2D eigenvalue weighted by Crippen LogP contribution is 2.49. The van der Waals surface area contributed by atoms with Crippen molar-refractivity contribution < 1.29 is 26.8 Å². The monoisotopic (exact) mass is 407 g/mol. The lowest BCUT2D eigenvalue weighted by Gasteiger charge is -2.39. The molecule has 0 saturated heterocycles. The van der Waals surface area contributed by atoms with Gasteiger partial charge in [-0.3, -0.25) is 9.59 Å². The largest absolute Gasteiger partial charge is 0.369 e. The first-order valence-electron chi connectivity index (χ1n) is 8.76. The van der Waals surface area contributed by atoms with Crippen LogP contribution >= 0.6 is 0 Å². The fraction of sp³-hybridized carbons (Fsp3) is 0.300. The van der Waals surface area contributed by atoms with Crippen molar-refractivity contribution in [1.29, 1.82) is 0 Å². The molecule has 0 spiro atoms. The molecule has 2 aromatic rings. The second-order valence-electron chi connectivity index (χ2n) is 6.99. The smallest absolute Gasteiger partial charge is 0.220 e. The summed E-state index contributed by atoms with van der Waals surface area (Å²) in [5, 5.41) is 0. The molecule has 1 saturated carbocycles. The third-order valence-corrected chi connectivity index (χ3v) is 8.01. The fourth-order valence-electron chi connectivity index (χ4n) is 3.85. The summed E-state index contributed by atoms with van der Waals surface area (Å²) in [5.41, 5.74) is 5.38. The number of carbonyl (C=O) groups is 2. The van der Waals surface area contributed by atoms with Gasteiger partial charge in [0.15, 0.2) is 9.84 Å². The number of carbonyl (C=O) groups excluding carboxylic acids is 2. The molecule has 28 heavy (non-hydrogen) atoms. The number of rotatable bonds is 5. The second-order valence-corrected chi connectivity index (χ2v) is 9.25. The molecule has 0 heterocycles. The van der Waals surface area contributed by atoms with E-state index in [-0.39, 0.29) is 36.1 Å². The highest BCUT2D eigenvalue weighted by atomic mass is 32.2. The molecule has 2 N–H and O–H groups in total. The molecule has 148 valence electrons. The van der Waals surface area contributed by atoms with E-state index >= 15 is 0 Å².